The van der Waals surface area contributed by atoms with Crippen molar-refractivity contribution in [2.45, 2.75) is 36.8 Å². The normalized spacial score (nSPS) is 17.5. The van der Waals surface area contributed by atoms with E-state index in [4.69, 9.17) is 10.7 Å². The van der Waals surface area contributed by atoms with E-state index in [0.717, 1.165) is 37.4 Å². The second-order valence-corrected chi connectivity index (χ2v) is 6.67. The van der Waals surface area contributed by atoms with E-state index >= 15 is 0 Å². The van der Waals surface area contributed by atoms with Crippen LogP contribution in [0, 0.1) is 12.8 Å². The second-order valence-electron chi connectivity index (χ2n) is 5.66. The summed E-state index contributed by atoms with van der Waals surface area (Å²) >= 11 is 1.81. The maximum absolute atomic E-state index is 5.77. The fourth-order valence-corrected chi connectivity index (χ4v) is 3.65. The quantitative estimate of drug-likeness (QED) is 0.881. The number of thioether (sulfide) groups is 1. The van der Waals surface area contributed by atoms with Crippen LogP contribution in [0.4, 0.5) is 0 Å². The van der Waals surface area contributed by atoms with Crippen LogP contribution < -0.4 is 5.73 Å². The molecule has 1 unspecified atom stereocenters. The Labute approximate surface area is 130 Å². The van der Waals surface area contributed by atoms with Gasteiger partial charge in [-0.2, -0.15) is 0 Å². The predicted octanol–water partition coefficient (Wildman–Crippen LogP) is 3.14. The summed E-state index contributed by atoms with van der Waals surface area (Å²) in [6.45, 7) is 2.91. The molecule has 1 aromatic carbocycles. The van der Waals surface area contributed by atoms with E-state index in [0.29, 0.717) is 5.92 Å². The Hall–Kier alpha value is -1.39. The van der Waals surface area contributed by atoms with E-state index in [2.05, 4.69) is 36.2 Å². The van der Waals surface area contributed by atoms with E-state index in [9.17, 15) is 0 Å². The highest BCUT2D eigenvalue weighted by Gasteiger charge is 2.19. The maximum atomic E-state index is 5.77. The van der Waals surface area contributed by atoms with E-state index in [-0.39, 0.29) is 0 Å². The van der Waals surface area contributed by atoms with E-state index in [1.54, 1.807) is 0 Å². The lowest BCUT2D eigenvalue weighted by molar-refractivity contribution is 0.460. The van der Waals surface area contributed by atoms with Gasteiger partial charge in [-0.3, -0.25) is 0 Å². The lowest BCUT2D eigenvalue weighted by Crippen LogP contribution is -2.23. The van der Waals surface area contributed by atoms with Gasteiger partial charge in [0.05, 0.1) is 5.75 Å². The van der Waals surface area contributed by atoms with Crippen molar-refractivity contribution >= 4 is 11.8 Å². The molecule has 4 heteroatoms. The molecule has 0 fully saturated rings. The van der Waals surface area contributed by atoms with Crippen LogP contribution in [0.25, 0.3) is 0 Å². The number of aromatic nitrogens is 2. The third-order valence-electron chi connectivity index (χ3n) is 4.09. The average Bonchev–Trinajstić information content (AvgIpc) is 2.53. The van der Waals surface area contributed by atoms with Crippen molar-refractivity contribution in [3.8, 4) is 0 Å². The molecular formula is C17H21N3S. The largest absolute Gasteiger partial charge is 0.330 e. The number of nitrogens with two attached hydrogens (primary N) is 1. The van der Waals surface area contributed by atoms with Gasteiger partial charge in [0.15, 0.2) is 0 Å². The molecule has 3 rings (SSSR count). The minimum Gasteiger partial charge on any atom is -0.330 e. The fraction of sp³-hybridized carbons (Fsp3) is 0.412. The Morgan fingerprint density at radius 2 is 2.19 bits per heavy atom. The molecule has 1 aromatic heterocycles. The lowest BCUT2D eigenvalue weighted by atomic mass is 9.87. The van der Waals surface area contributed by atoms with Crippen LogP contribution in [0.1, 0.15) is 29.1 Å². The minimum absolute atomic E-state index is 0.605. The molecule has 0 saturated heterocycles. The van der Waals surface area contributed by atoms with Gasteiger partial charge in [-0.05, 0) is 55.8 Å². The standard InChI is InChI=1S/C17H21N3S/c1-12-4-2-3-5-16(12)21-11-17-19-10-14-8-13(9-18)6-7-15(14)20-17/h2-5,10,13H,6-9,11,18H2,1H3. The van der Waals surface area contributed by atoms with Gasteiger partial charge in [0.2, 0.25) is 0 Å². The summed E-state index contributed by atoms with van der Waals surface area (Å²) in [6, 6.07) is 8.45. The number of rotatable bonds is 4. The molecule has 0 radical (unpaired) electrons. The molecule has 1 heterocycles. The zero-order valence-corrected chi connectivity index (χ0v) is 13.2. The fourth-order valence-electron chi connectivity index (χ4n) is 2.76. The molecule has 0 aliphatic heterocycles. The average molecular weight is 299 g/mol. The van der Waals surface area contributed by atoms with Gasteiger partial charge in [-0.15, -0.1) is 11.8 Å². The summed E-state index contributed by atoms with van der Waals surface area (Å²) < 4.78 is 0. The second kappa shape index (κ2) is 6.58. The minimum atomic E-state index is 0.605. The van der Waals surface area contributed by atoms with Gasteiger partial charge >= 0.3 is 0 Å². The van der Waals surface area contributed by atoms with Crippen molar-refractivity contribution in [3.63, 3.8) is 0 Å². The lowest BCUT2D eigenvalue weighted by Gasteiger charge is -2.22. The number of hydrogen-bond donors (Lipinski definition) is 1. The molecule has 0 amide bonds. The molecule has 2 N–H and O–H groups in total. The first-order valence-corrected chi connectivity index (χ1v) is 8.47. The number of aryl methyl sites for hydroxylation is 2. The number of fused-ring (bicyclic) bond motifs is 1. The van der Waals surface area contributed by atoms with Crippen molar-refractivity contribution in [2.24, 2.45) is 11.7 Å². The van der Waals surface area contributed by atoms with Gasteiger partial charge in [-0.25, -0.2) is 9.97 Å². The zero-order valence-electron chi connectivity index (χ0n) is 12.4. The smallest absolute Gasteiger partial charge is 0.138 e. The Bertz CT molecular complexity index is 627. The summed E-state index contributed by atoms with van der Waals surface area (Å²) in [6.07, 6.45) is 5.25. The Morgan fingerprint density at radius 3 is 3.00 bits per heavy atom. The van der Waals surface area contributed by atoms with Gasteiger partial charge in [0.25, 0.3) is 0 Å². The summed E-state index contributed by atoms with van der Waals surface area (Å²) in [5, 5.41) is 0. The van der Waals surface area contributed by atoms with E-state index < -0.39 is 0 Å². The first-order chi connectivity index (χ1) is 10.3. The van der Waals surface area contributed by atoms with Crippen LogP contribution in [0.2, 0.25) is 0 Å². The zero-order chi connectivity index (χ0) is 14.7. The first kappa shape index (κ1) is 14.5. The van der Waals surface area contributed by atoms with Gasteiger partial charge in [0.1, 0.15) is 5.82 Å². The molecule has 1 aliphatic carbocycles. The van der Waals surface area contributed by atoms with Crippen LogP contribution in [0.3, 0.4) is 0 Å². The van der Waals surface area contributed by atoms with E-state index in [1.807, 2.05) is 18.0 Å². The first-order valence-electron chi connectivity index (χ1n) is 7.48. The number of nitrogens with zero attached hydrogens (tertiary/aromatic N) is 2. The molecule has 2 aromatic rings. The van der Waals surface area contributed by atoms with Crippen molar-refractivity contribution in [2.75, 3.05) is 6.54 Å². The third kappa shape index (κ3) is 3.44. The highest BCUT2D eigenvalue weighted by molar-refractivity contribution is 7.98. The summed E-state index contributed by atoms with van der Waals surface area (Å²) in [7, 11) is 0. The topological polar surface area (TPSA) is 51.8 Å². The molecule has 1 atom stereocenters. The Balaban J connectivity index is 1.69. The maximum Gasteiger partial charge on any atom is 0.138 e. The molecule has 0 saturated carbocycles. The predicted molar refractivity (Wildman–Crippen MR) is 87.3 cm³/mol. The molecular weight excluding hydrogens is 278 g/mol. The third-order valence-corrected chi connectivity index (χ3v) is 5.26. The van der Waals surface area contributed by atoms with Crippen LogP contribution in [-0.2, 0) is 18.6 Å². The SMILES string of the molecule is Cc1ccccc1SCc1ncc2c(n1)CCC(CN)C2. The highest BCUT2D eigenvalue weighted by atomic mass is 32.2. The van der Waals surface area contributed by atoms with Crippen LogP contribution in [0.5, 0.6) is 0 Å². The molecule has 0 spiro atoms. The summed E-state index contributed by atoms with van der Waals surface area (Å²) in [4.78, 5) is 10.6. The number of hydrogen-bond acceptors (Lipinski definition) is 4. The van der Waals surface area contributed by atoms with Crippen molar-refractivity contribution in [1.82, 2.24) is 9.97 Å². The Morgan fingerprint density at radius 1 is 1.33 bits per heavy atom. The van der Waals surface area contributed by atoms with Crippen molar-refractivity contribution in [1.29, 1.82) is 0 Å². The van der Waals surface area contributed by atoms with Gasteiger partial charge in [0, 0.05) is 16.8 Å². The Kier molecular flexibility index (Phi) is 4.56. The monoisotopic (exact) mass is 299 g/mol. The molecule has 3 nitrogen and oxygen atoms in total. The highest BCUT2D eigenvalue weighted by Crippen LogP contribution is 2.27. The van der Waals surface area contributed by atoms with Gasteiger partial charge in [-0.1, -0.05) is 18.2 Å². The molecule has 1 aliphatic rings. The van der Waals surface area contributed by atoms with Crippen LogP contribution in [-0.4, -0.2) is 16.5 Å². The summed E-state index contributed by atoms with van der Waals surface area (Å²) in [5.41, 5.74) is 9.61. The van der Waals surface area contributed by atoms with Crippen LogP contribution >= 0.6 is 11.8 Å². The van der Waals surface area contributed by atoms with Crippen LogP contribution in [0.15, 0.2) is 35.4 Å². The van der Waals surface area contributed by atoms with Crippen molar-refractivity contribution < 1.29 is 0 Å². The summed E-state index contributed by atoms with van der Waals surface area (Å²) in [5.74, 6) is 2.37. The van der Waals surface area contributed by atoms with E-state index in [1.165, 1.54) is 21.7 Å². The van der Waals surface area contributed by atoms with Crippen molar-refractivity contribution in [3.05, 3.63) is 53.1 Å². The molecule has 21 heavy (non-hydrogen) atoms. The molecule has 0 bridgehead atoms. The van der Waals surface area contributed by atoms with Gasteiger partial charge < -0.3 is 5.73 Å². The molecule has 110 valence electrons. The number of benzene rings is 1.